The van der Waals surface area contributed by atoms with Crippen molar-refractivity contribution in [2.24, 2.45) is 0 Å². The maximum atomic E-state index is 9.59. The zero-order chi connectivity index (χ0) is 11.4. The fourth-order valence-corrected chi connectivity index (χ4v) is 1.69. The van der Waals surface area contributed by atoms with Crippen molar-refractivity contribution in [3.8, 4) is 0 Å². The molecular weight excluding hydrogens is 186 g/mol. The van der Waals surface area contributed by atoms with Gasteiger partial charge in [-0.15, -0.1) is 0 Å². The largest absolute Gasteiger partial charge is 0.379 e. The molecule has 0 aliphatic rings. The second-order valence-electron chi connectivity index (χ2n) is 4.38. The van der Waals surface area contributed by atoms with Crippen LogP contribution in [0.5, 0.6) is 0 Å². The van der Waals surface area contributed by atoms with E-state index in [0.29, 0.717) is 0 Å². The summed E-state index contributed by atoms with van der Waals surface area (Å²) in [5.74, 6) is 0. The number of hydrogen-bond donors (Lipinski definition) is 2. The van der Waals surface area contributed by atoms with E-state index in [1.165, 1.54) is 44.9 Å². The predicted molar refractivity (Wildman–Crippen MR) is 66.9 cm³/mol. The third-order valence-electron chi connectivity index (χ3n) is 2.74. The first-order chi connectivity index (χ1) is 7.31. The van der Waals surface area contributed by atoms with Gasteiger partial charge in [-0.3, -0.25) is 5.32 Å². The van der Waals surface area contributed by atoms with Crippen LogP contribution in [0.25, 0.3) is 0 Å². The summed E-state index contributed by atoms with van der Waals surface area (Å²) in [7, 11) is 0. The minimum absolute atomic E-state index is 0.275. The molecule has 2 nitrogen and oxygen atoms in total. The number of aliphatic hydroxyl groups excluding tert-OH is 1. The monoisotopic (exact) mass is 215 g/mol. The van der Waals surface area contributed by atoms with E-state index in [9.17, 15) is 5.11 Å². The van der Waals surface area contributed by atoms with Crippen LogP contribution in [0.1, 0.15) is 71.6 Å². The lowest BCUT2D eigenvalue weighted by atomic mass is 10.1. The summed E-state index contributed by atoms with van der Waals surface area (Å²) in [6.07, 6.45) is 10.7. The lowest BCUT2D eigenvalue weighted by Gasteiger charge is -2.12. The minimum atomic E-state index is -0.275. The van der Waals surface area contributed by atoms with Gasteiger partial charge in [0.25, 0.3) is 0 Å². The lowest BCUT2D eigenvalue weighted by molar-refractivity contribution is 0.124. The van der Waals surface area contributed by atoms with Gasteiger partial charge >= 0.3 is 0 Å². The molecule has 0 saturated carbocycles. The van der Waals surface area contributed by atoms with E-state index in [2.05, 4.69) is 19.2 Å². The van der Waals surface area contributed by atoms with Crippen molar-refractivity contribution in [2.75, 3.05) is 6.54 Å². The summed E-state index contributed by atoms with van der Waals surface area (Å²) in [5.41, 5.74) is 0. The lowest BCUT2D eigenvalue weighted by Crippen LogP contribution is -2.29. The average Bonchev–Trinajstić information content (AvgIpc) is 2.24. The van der Waals surface area contributed by atoms with Crippen molar-refractivity contribution < 1.29 is 5.11 Å². The molecule has 15 heavy (non-hydrogen) atoms. The molecule has 2 heteroatoms. The van der Waals surface area contributed by atoms with Crippen LogP contribution >= 0.6 is 0 Å². The van der Waals surface area contributed by atoms with E-state index in [4.69, 9.17) is 0 Å². The molecule has 0 aliphatic carbocycles. The molecule has 1 atom stereocenters. The maximum Gasteiger partial charge on any atom is 0.104 e. The molecule has 0 aromatic rings. The van der Waals surface area contributed by atoms with Crippen molar-refractivity contribution in [1.29, 1.82) is 0 Å². The standard InChI is InChI=1S/C13H29NO/c1-3-5-7-8-9-11-13(15)14-12-10-6-4-2/h13-15H,3-12H2,1-2H3. The molecule has 0 saturated heterocycles. The van der Waals surface area contributed by atoms with Crippen molar-refractivity contribution in [3.63, 3.8) is 0 Å². The fraction of sp³-hybridized carbons (Fsp3) is 1.00. The van der Waals surface area contributed by atoms with Crippen molar-refractivity contribution in [2.45, 2.75) is 77.9 Å². The zero-order valence-electron chi connectivity index (χ0n) is 10.6. The van der Waals surface area contributed by atoms with Crippen LogP contribution in [0.3, 0.4) is 0 Å². The molecule has 0 amide bonds. The molecule has 0 aliphatic heterocycles. The molecular formula is C13H29NO. The highest BCUT2D eigenvalue weighted by Gasteiger charge is 2.01. The van der Waals surface area contributed by atoms with Crippen LogP contribution in [-0.4, -0.2) is 17.9 Å². The van der Waals surface area contributed by atoms with Gasteiger partial charge in [0.05, 0.1) is 0 Å². The molecule has 2 N–H and O–H groups in total. The molecule has 0 aromatic heterocycles. The Bertz CT molecular complexity index is 117. The molecule has 0 radical (unpaired) electrons. The van der Waals surface area contributed by atoms with Gasteiger partial charge in [0.15, 0.2) is 0 Å². The molecule has 92 valence electrons. The van der Waals surface area contributed by atoms with Gasteiger partial charge in [0.2, 0.25) is 0 Å². The number of rotatable bonds is 11. The molecule has 0 rings (SSSR count). The molecule has 0 heterocycles. The number of aliphatic hydroxyl groups is 1. The molecule has 1 unspecified atom stereocenters. The van der Waals surface area contributed by atoms with Crippen LogP contribution < -0.4 is 5.32 Å². The average molecular weight is 215 g/mol. The number of nitrogens with one attached hydrogen (secondary N) is 1. The van der Waals surface area contributed by atoms with Crippen LogP contribution in [0.4, 0.5) is 0 Å². The highest BCUT2D eigenvalue weighted by molar-refractivity contribution is 4.54. The number of unbranched alkanes of at least 4 members (excludes halogenated alkanes) is 6. The van der Waals surface area contributed by atoms with Gasteiger partial charge in [-0.2, -0.15) is 0 Å². The van der Waals surface area contributed by atoms with Crippen LogP contribution in [0.2, 0.25) is 0 Å². The summed E-state index contributed by atoms with van der Waals surface area (Å²) in [5, 5.41) is 12.8. The third-order valence-corrected chi connectivity index (χ3v) is 2.74. The smallest absolute Gasteiger partial charge is 0.104 e. The van der Waals surface area contributed by atoms with Crippen molar-refractivity contribution in [1.82, 2.24) is 5.32 Å². The van der Waals surface area contributed by atoms with Gasteiger partial charge in [0.1, 0.15) is 6.23 Å². The second kappa shape index (κ2) is 12.0. The number of hydrogen-bond acceptors (Lipinski definition) is 2. The Balaban J connectivity index is 3.08. The normalized spacial score (nSPS) is 13.0. The summed E-state index contributed by atoms with van der Waals surface area (Å²) >= 11 is 0. The van der Waals surface area contributed by atoms with Gasteiger partial charge in [-0.1, -0.05) is 52.4 Å². The summed E-state index contributed by atoms with van der Waals surface area (Å²) < 4.78 is 0. The van der Waals surface area contributed by atoms with E-state index < -0.39 is 0 Å². The van der Waals surface area contributed by atoms with Crippen LogP contribution in [-0.2, 0) is 0 Å². The summed E-state index contributed by atoms with van der Waals surface area (Å²) in [6.45, 7) is 5.39. The van der Waals surface area contributed by atoms with E-state index in [1.54, 1.807) is 0 Å². The zero-order valence-corrected chi connectivity index (χ0v) is 10.6. The van der Waals surface area contributed by atoms with Crippen molar-refractivity contribution >= 4 is 0 Å². The van der Waals surface area contributed by atoms with Gasteiger partial charge in [0, 0.05) is 0 Å². The Morgan fingerprint density at radius 2 is 1.47 bits per heavy atom. The van der Waals surface area contributed by atoms with Crippen molar-refractivity contribution in [3.05, 3.63) is 0 Å². The summed E-state index contributed by atoms with van der Waals surface area (Å²) in [6, 6.07) is 0. The van der Waals surface area contributed by atoms with E-state index in [0.717, 1.165) is 19.4 Å². The first-order valence-corrected chi connectivity index (χ1v) is 6.72. The molecule has 0 aromatic carbocycles. The predicted octanol–water partition coefficient (Wildman–Crippen LogP) is 3.45. The molecule has 0 fully saturated rings. The summed E-state index contributed by atoms with van der Waals surface area (Å²) in [4.78, 5) is 0. The highest BCUT2D eigenvalue weighted by Crippen LogP contribution is 2.06. The van der Waals surface area contributed by atoms with E-state index in [-0.39, 0.29) is 6.23 Å². The first kappa shape index (κ1) is 14.9. The fourth-order valence-electron chi connectivity index (χ4n) is 1.69. The molecule has 0 bridgehead atoms. The Morgan fingerprint density at radius 1 is 0.867 bits per heavy atom. The van der Waals surface area contributed by atoms with Gasteiger partial charge in [-0.25, -0.2) is 0 Å². The topological polar surface area (TPSA) is 32.3 Å². The minimum Gasteiger partial charge on any atom is -0.379 e. The Hall–Kier alpha value is -0.0800. The van der Waals surface area contributed by atoms with Gasteiger partial charge in [-0.05, 0) is 25.8 Å². The maximum absolute atomic E-state index is 9.59. The van der Waals surface area contributed by atoms with Crippen LogP contribution in [0.15, 0.2) is 0 Å². The van der Waals surface area contributed by atoms with E-state index >= 15 is 0 Å². The first-order valence-electron chi connectivity index (χ1n) is 6.72. The van der Waals surface area contributed by atoms with Gasteiger partial charge < -0.3 is 5.11 Å². The third kappa shape index (κ3) is 11.8. The second-order valence-corrected chi connectivity index (χ2v) is 4.38. The molecule has 0 spiro atoms. The quantitative estimate of drug-likeness (QED) is 0.409. The Morgan fingerprint density at radius 3 is 2.13 bits per heavy atom. The van der Waals surface area contributed by atoms with Crippen LogP contribution in [0, 0.1) is 0 Å². The highest BCUT2D eigenvalue weighted by atomic mass is 16.3. The Labute approximate surface area is 95.5 Å². The Kier molecular flexibility index (Phi) is 11.9. The SMILES string of the molecule is CCCCCCCC(O)NCCCCC. The van der Waals surface area contributed by atoms with E-state index in [1.807, 2.05) is 0 Å².